The number of carboxylic acid groups (broad SMARTS) is 1. The van der Waals surface area contributed by atoms with Crippen LogP contribution in [-0.4, -0.2) is 28.6 Å². The zero-order valence-electron chi connectivity index (χ0n) is 12.8. The van der Waals surface area contributed by atoms with E-state index in [1.807, 2.05) is 0 Å². The van der Waals surface area contributed by atoms with Crippen LogP contribution in [-0.2, 0) is 4.79 Å². The summed E-state index contributed by atoms with van der Waals surface area (Å²) in [6.07, 6.45) is 1.28. The molecule has 126 valence electrons. The molecule has 1 N–H and O–H groups in total. The van der Waals surface area contributed by atoms with Crippen LogP contribution in [0.1, 0.15) is 30.0 Å². The van der Waals surface area contributed by atoms with Gasteiger partial charge in [0.05, 0.1) is 6.04 Å². The number of carboxylic acids is 1. The Hall–Kier alpha value is -1.62. The Labute approximate surface area is 149 Å². The number of halogens is 3. The number of nitrogens with zero attached hydrogens (tertiary/aromatic N) is 1. The predicted molar refractivity (Wildman–Crippen MR) is 92.1 cm³/mol. The zero-order valence-corrected chi connectivity index (χ0v) is 14.3. The molecule has 1 saturated heterocycles. The summed E-state index contributed by atoms with van der Waals surface area (Å²) in [4.78, 5) is 13.4. The Morgan fingerprint density at radius 1 is 1.21 bits per heavy atom. The third kappa shape index (κ3) is 3.27. The minimum Gasteiger partial charge on any atom is -0.480 e. The van der Waals surface area contributed by atoms with Crippen molar-refractivity contribution in [2.24, 2.45) is 0 Å². The minimum absolute atomic E-state index is 0.385. The van der Waals surface area contributed by atoms with Gasteiger partial charge in [-0.1, -0.05) is 47.5 Å². The molecule has 0 aliphatic carbocycles. The molecule has 1 aliphatic heterocycles. The van der Waals surface area contributed by atoms with E-state index in [1.165, 1.54) is 6.07 Å². The van der Waals surface area contributed by atoms with E-state index in [4.69, 9.17) is 23.2 Å². The molecule has 1 heterocycles. The van der Waals surface area contributed by atoms with Gasteiger partial charge in [-0.05, 0) is 36.6 Å². The Morgan fingerprint density at radius 3 is 2.62 bits per heavy atom. The first-order valence-electron chi connectivity index (χ1n) is 7.67. The third-order valence-electron chi connectivity index (χ3n) is 4.37. The molecule has 6 heteroatoms. The van der Waals surface area contributed by atoms with E-state index < -0.39 is 18.1 Å². The van der Waals surface area contributed by atoms with Gasteiger partial charge in [0, 0.05) is 22.2 Å². The average Bonchev–Trinajstić information content (AvgIpc) is 3.01. The molecule has 0 amide bonds. The standard InChI is InChI=1S/C18H16Cl2FNO2/c19-11-7-8-12(14(20)10-11)17(13-4-1-2-5-15(13)21)22-9-3-6-16(22)18(23)24/h1-2,4-5,7-8,10,16-17H,3,6,9H2,(H,23,24). The fraction of sp³-hybridized carbons (Fsp3) is 0.278. The van der Waals surface area contributed by atoms with E-state index in [1.54, 1.807) is 41.3 Å². The first kappa shape index (κ1) is 17.2. The molecular formula is C18H16Cl2FNO2. The summed E-state index contributed by atoms with van der Waals surface area (Å²) in [5.74, 6) is -1.29. The van der Waals surface area contributed by atoms with Crippen LogP contribution >= 0.6 is 23.2 Å². The van der Waals surface area contributed by atoms with Crippen molar-refractivity contribution in [1.82, 2.24) is 4.90 Å². The summed E-state index contributed by atoms with van der Waals surface area (Å²) in [7, 11) is 0. The second kappa shape index (κ2) is 7.09. The molecule has 3 nitrogen and oxygen atoms in total. The molecule has 1 aliphatic rings. The van der Waals surface area contributed by atoms with Crippen molar-refractivity contribution < 1.29 is 14.3 Å². The quantitative estimate of drug-likeness (QED) is 0.845. The summed E-state index contributed by atoms with van der Waals surface area (Å²) in [5, 5.41) is 10.4. The van der Waals surface area contributed by atoms with Gasteiger partial charge in [0.1, 0.15) is 11.9 Å². The van der Waals surface area contributed by atoms with E-state index in [0.29, 0.717) is 34.1 Å². The fourth-order valence-corrected chi connectivity index (χ4v) is 3.82. The van der Waals surface area contributed by atoms with Gasteiger partial charge in [-0.3, -0.25) is 9.69 Å². The Morgan fingerprint density at radius 2 is 1.96 bits per heavy atom. The van der Waals surface area contributed by atoms with Gasteiger partial charge in [-0.15, -0.1) is 0 Å². The van der Waals surface area contributed by atoms with E-state index in [9.17, 15) is 14.3 Å². The lowest BCUT2D eigenvalue weighted by Gasteiger charge is -2.32. The highest BCUT2D eigenvalue weighted by Gasteiger charge is 2.38. The van der Waals surface area contributed by atoms with Gasteiger partial charge in [0.2, 0.25) is 0 Å². The monoisotopic (exact) mass is 367 g/mol. The molecule has 3 rings (SSSR count). The molecule has 0 bridgehead atoms. The van der Waals surface area contributed by atoms with Crippen molar-refractivity contribution >= 4 is 29.2 Å². The summed E-state index contributed by atoms with van der Waals surface area (Å²) in [5.41, 5.74) is 1.06. The largest absolute Gasteiger partial charge is 0.480 e. The second-order valence-electron chi connectivity index (χ2n) is 5.82. The number of aliphatic carboxylic acids is 1. The highest BCUT2D eigenvalue weighted by molar-refractivity contribution is 6.35. The van der Waals surface area contributed by atoms with E-state index in [2.05, 4.69) is 0 Å². The van der Waals surface area contributed by atoms with Crippen molar-refractivity contribution in [3.63, 3.8) is 0 Å². The summed E-state index contributed by atoms with van der Waals surface area (Å²) in [6.45, 7) is 0.564. The van der Waals surface area contributed by atoms with Crippen LogP contribution in [0.15, 0.2) is 42.5 Å². The molecule has 24 heavy (non-hydrogen) atoms. The molecule has 2 atom stereocenters. The second-order valence-corrected chi connectivity index (χ2v) is 6.67. The van der Waals surface area contributed by atoms with E-state index >= 15 is 0 Å². The van der Waals surface area contributed by atoms with Crippen molar-refractivity contribution in [3.8, 4) is 0 Å². The maximum absolute atomic E-state index is 14.5. The normalized spacial score (nSPS) is 19.4. The van der Waals surface area contributed by atoms with Gasteiger partial charge >= 0.3 is 5.97 Å². The highest BCUT2D eigenvalue weighted by Crippen LogP contribution is 2.39. The lowest BCUT2D eigenvalue weighted by Crippen LogP contribution is -2.39. The molecule has 1 fully saturated rings. The lowest BCUT2D eigenvalue weighted by molar-refractivity contribution is -0.142. The number of likely N-dealkylation sites (tertiary alicyclic amines) is 1. The Bertz CT molecular complexity index is 768. The van der Waals surface area contributed by atoms with Crippen LogP contribution in [0.2, 0.25) is 10.0 Å². The van der Waals surface area contributed by atoms with Crippen molar-refractivity contribution in [3.05, 3.63) is 69.5 Å². The zero-order chi connectivity index (χ0) is 17.3. The number of hydrogen-bond donors (Lipinski definition) is 1. The highest BCUT2D eigenvalue weighted by atomic mass is 35.5. The van der Waals surface area contributed by atoms with Gasteiger partial charge in [0.15, 0.2) is 0 Å². The smallest absolute Gasteiger partial charge is 0.320 e. The van der Waals surface area contributed by atoms with Gasteiger partial charge in [-0.2, -0.15) is 0 Å². The minimum atomic E-state index is -0.904. The molecule has 0 saturated carbocycles. The summed E-state index contributed by atoms with van der Waals surface area (Å²) in [6, 6.07) is 10.2. The third-order valence-corrected chi connectivity index (χ3v) is 4.93. The molecule has 0 radical (unpaired) electrons. The molecular weight excluding hydrogens is 352 g/mol. The molecule has 0 spiro atoms. The lowest BCUT2D eigenvalue weighted by atomic mass is 9.95. The molecule has 2 unspecified atom stereocenters. The topological polar surface area (TPSA) is 40.5 Å². The SMILES string of the molecule is O=C(O)C1CCCN1C(c1ccccc1F)c1ccc(Cl)cc1Cl. The van der Waals surface area contributed by atoms with Crippen molar-refractivity contribution in [2.75, 3.05) is 6.54 Å². The number of carbonyl (C=O) groups is 1. The van der Waals surface area contributed by atoms with Gasteiger partial charge in [-0.25, -0.2) is 4.39 Å². The first-order valence-corrected chi connectivity index (χ1v) is 8.42. The van der Waals surface area contributed by atoms with Crippen LogP contribution in [0, 0.1) is 5.82 Å². The van der Waals surface area contributed by atoms with Crippen LogP contribution in [0.4, 0.5) is 4.39 Å². The van der Waals surface area contributed by atoms with Gasteiger partial charge in [0.25, 0.3) is 0 Å². The van der Waals surface area contributed by atoms with Crippen LogP contribution < -0.4 is 0 Å². The Balaban J connectivity index is 2.14. The summed E-state index contributed by atoms with van der Waals surface area (Å²) >= 11 is 12.3. The van der Waals surface area contributed by atoms with Crippen LogP contribution in [0.3, 0.4) is 0 Å². The number of rotatable bonds is 4. The fourth-order valence-electron chi connectivity index (χ4n) is 3.31. The maximum Gasteiger partial charge on any atom is 0.320 e. The van der Waals surface area contributed by atoms with E-state index in [0.717, 1.165) is 6.42 Å². The Kier molecular flexibility index (Phi) is 5.09. The maximum atomic E-state index is 14.5. The molecule has 0 aromatic heterocycles. The van der Waals surface area contributed by atoms with Crippen molar-refractivity contribution in [1.29, 1.82) is 0 Å². The predicted octanol–water partition coefficient (Wildman–Crippen LogP) is 4.77. The van der Waals surface area contributed by atoms with E-state index in [-0.39, 0.29) is 5.82 Å². The number of hydrogen-bond acceptors (Lipinski definition) is 2. The first-order chi connectivity index (χ1) is 11.5. The molecule has 2 aromatic carbocycles. The van der Waals surface area contributed by atoms with Gasteiger partial charge < -0.3 is 5.11 Å². The van der Waals surface area contributed by atoms with Crippen LogP contribution in [0.5, 0.6) is 0 Å². The average molecular weight is 368 g/mol. The summed E-state index contributed by atoms with van der Waals surface area (Å²) < 4.78 is 14.5. The van der Waals surface area contributed by atoms with Crippen LogP contribution in [0.25, 0.3) is 0 Å². The molecule has 2 aromatic rings. The number of benzene rings is 2. The van der Waals surface area contributed by atoms with Crippen molar-refractivity contribution in [2.45, 2.75) is 24.9 Å².